The summed E-state index contributed by atoms with van der Waals surface area (Å²) in [5, 5.41) is 0. The molecule has 1 atom stereocenters. The minimum absolute atomic E-state index is 0.456. The molecular weight excluding hydrogens is 300 g/mol. The van der Waals surface area contributed by atoms with Gasteiger partial charge < -0.3 is 14.4 Å². The Bertz CT molecular complexity index is 650. The van der Waals surface area contributed by atoms with E-state index in [4.69, 9.17) is 4.98 Å². The molecule has 1 aliphatic rings. The Morgan fingerprint density at radius 2 is 2.12 bits per heavy atom. The van der Waals surface area contributed by atoms with Crippen LogP contribution in [0.4, 0.5) is 11.8 Å². The smallest absolute Gasteiger partial charge is 0.227 e. The Hall–Kier alpha value is -2.11. The van der Waals surface area contributed by atoms with E-state index in [0.717, 1.165) is 37.8 Å². The molecule has 0 bridgehead atoms. The highest BCUT2D eigenvalue weighted by molar-refractivity contribution is 5.43. The molecule has 2 aromatic heterocycles. The van der Waals surface area contributed by atoms with Crippen LogP contribution in [-0.4, -0.2) is 46.7 Å². The maximum absolute atomic E-state index is 4.70. The first-order valence-electron chi connectivity index (χ1n) is 8.95. The summed E-state index contributed by atoms with van der Waals surface area (Å²) in [6.45, 7) is 5.26. The maximum Gasteiger partial charge on any atom is 0.227 e. The second kappa shape index (κ2) is 7.64. The summed E-state index contributed by atoms with van der Waals surface area (Å²) in [6.07, 6.45) is 10.7. The Labute approximate surface area is 144 Å². The van der Waals surface area contributed by atoms with Crippen molar-refractivity contribution in [2.45, 2.75) is 45.1 Å². The molecule has 1 saturated heterocycles. The molecule has 1 aliphatic heterocycles. The summed E-state index contributed by atoms with van der Waals surface area (Å²) < 4.78 is 2.33. The lowest BCUT2D eigenvalue weighted by Crippen LogP contribution is -2.36. The number of aromatic nitrogens is 4. The Balaban J connectivity index is 1.75. The van der Waals surface area contributed by atoms with Crippen molar-refractivity contribution in [1.82, 2.24) is 19.5 Å². The van der Waals surface area contributed by atoms with Crippen molar-refractivity contribution < 1.29 is 0 Å². The van der Waals surface area contributed by atoms with Gasteiger partial charge in [-0.2, -0.15) is 4.98 Å². The molecule has 0 amide bonds. The van der Waals surface area contributed by atoms with E-state index in [0.29, 0.717) is 5.92 Å². The van der Waals surface area contributed by atoms with E-state index < -0.39 is 0 Å². The third-order valence-electron chi connectivity index (χ3n) is 4.66. The maximum atomic E-state index is 4.70. The predicted molar refractivity (Wildman–Crippen MR) is 97.7 cm³/mol. The first-order chi connectivity index (χ1) is 11.7. The van der Waals surface area contributed by atoms with E-state index in [1.807, 2.05) is 37.5 Å². The van der Waals surface area contributed by atoms with Crippen LogP contribution in [0.15, 0.2) is 24.7 Å². The Kier molecular flexibility index (Phi) is 5.33. The zero-order valence-corrected chi connectivity index (χ0v) is 15.0. The van der Waals surface area contributed by atoms with Crippen LogP contribution < -0.4 is 9.80 Å². The van der Waals surface area contributed by atoms with E-state index in [2.05, 4.69) is 32.6 Å². The molecule has 130 valence electrons. The number of unbranched alkanes of at least 4 members (excludes halogenated alkanes) is 1. The Morgan fingerprint density at radius 1 is 1.25 bits per heavy atom. The first kappa shape index (κ1) is 16.7. The number of nitrogens with zero attached hydrogens (tertiary/aromatic N) is 6. The van der Waals surface area contributed by atoms with Gasteiger partial charge >= 0.3 is 0 Å². The Morgan fingerprint density at radius 3 is 2.92 bits per heavy atom. The topological polar surface area (TPSA) is 50.1 Å². The van der Waals surface area contributed by atoms with Gasteiger partial charge in [0.15, 0.2) is 0 Å². The SMILES string of the molecule is CCCCn1ccnc1C1CCCN(c2nccc(N(C)C)n2)C1. The summed E-state index contributed by atoms with van der Waals surface area (Å²) in [7, 11) is 4.02. The standard InChI is InChI=1S/C18H28N6/c1-4-5-11-23-13-10-19-17(23)15-7-6-12-24(14-15)18-20-9-8-16(21-18)22(2)3/h8-10,13,15H,4-7,11-12,14H2,1-3H3. The van der Waals surface area contributed by atoms with Crippen molar-refractivity contribution >= 4 is 11.8 Å². The highest BCUT2D eigenvalue weighted by Crippen LogP contribution is 2.28. The lowest BCUT2D eigenvalue weighted by Gasteiger charge is -2.33. The average Bonchev–Trinajstić information content (AvgIpc) is 3.08. The summed E-state index contributed by atoms with van der Waals surface area (Å²) >= 11 is 0. The lowest BCUT2D eigenvalue weighted by molar-refractivity contribution is 0.461. The molecule has 0 radical (unpaired) electrons. The molecule has 6 nitrogen and oxygen atoms in total. The van der Waals surface area contributed by atoms with Crippen LogP contribution in [0.1, 0.15) is 44.3 Å². The third kappa shape index (κ3) is 3.68. The van der Waals surface area contributed by atoms with Gasteiger partial charge in [0.25, 0.3) is 0 Å². The second-order valence-electron chi connectivity index (χ2n) is 6.73. The summed E-state index contributed by atoms with van der Waals surface area (Å²) in [4.78, 5) is 18.2. The lowest BCUT2D eigenvalue weighted by atomic mass is 9.97. The molecular formula is C18H28N6. The van der Waals surface area contributed by atoms with Crippen LogP contribution in [0, 0.1) is 0 Å². The van der Waals surface area contributed by atoms with Gasteiger partial charge in [-0.25, -0.2) is 9.97 Å². The molecule has 1 unspecified atom stereocenters. The van der Waals surface area contributed by atoms with Crippen LogP contribution in [0.5, 0.6) is 0 Å². The number of aryl methyl sites for hydroxylation is 1. The largest absolute Gasteiger partial charge is 0.363 e. The molecule has 2 aromatic rings. The first-order valence-corrected chi connectivity index (χ1v) is 8.95. The predicted octanol–water partition coefficient (Wildman–Crippen LogP) is 2.92. The number of hydrogen-bond acceptors (Lipinski definition) is 5. The van der Waals surface area contributed by atoms with Gasteiger partial charge in [-0.3, -0.25) is 0 Å². The average molecular weight is 328 g/mol. The van der Waals surface area contributed by atoms with E-state index in [-0.39, 0.29) is 0 Å². The molecule has 0 aliphatic carbocycles. The van der Waals surface area contributed by atoms with E-state index in [1.165, 1.54) is 25.1 Å². The van der Waals surface area contributed by atoms with Crippen molar-refractivity contribution in [2.24, 2.45) is 0 Å². The molecule has 0 spiro atoms. The number of piperidine rings is 1. The van der Waals surface area contributed by atoms with Crippen LogP contribution in [-0.2, 0) is 6.54 Å². The highest BCUT2D eigenvalue weighted by atomic mass is 15.3. The minimum Gasteiger partial charge on any atom is -0.363 e. The fourth-order valence-corrected chi connectivity index (χ4v) is 3.31. The molecule has 0 saturated carbocycles. The normalized spacial score (nSPS) is 18.0. The summed E-state index contributed by atoms with van der Waals surface area (Å²) in [6, 6.07) is 1.95. The van der Waals surface area contributed by atoms with Gasteiger partial charge in [0.1, 0.15) is 11.6 Å². The van der Waals surface area contributed by atoms with E-state index in [9.17, 15) is 0 Å². The zero-order valence-electron chi connectivity index (χ0n) is 15.0. The van der Waals surface area contributed by atoms with Crippen molar-refractivity contribution in [3.8, 4) is 0 Å². The minimum atomic E-state index is 0.456. The van der Waals surface area contributed by atoms with Gasteiger partial charge in [-0.15, -0.1) is 0 Å². The van der Waals surface area contributed by atoms with Gasteiger partial charge in [-0.05, 0) is 25.3 Å². The second-order valence-corrected chi connectivity index (χ2v) is 6.73. The number of hydrogen-bond donors (Lipinski definition) is 0. The van der Waals surface area contributed by atoms with Gasteiger partial charge in [-0.1, -0.05) is 13.3 Å². The van der Waals surface area contributed by atoms with Crippen molar-refractivity contribution in [2.75, 3.05) is 37.0 Å². The van der Waals surface area contributed by atoms with Crippen LogP contribution in [0.2, 0.25) is 0 Å². The molecule has 0 aromatic carbocycles. The van der Waals surface area contributed by atoms with E-state index in [1.54, 1.807) is 0 Å². The van der Waals surface area contributed by atoms with Gasteiger partial charge in [0.05, 0.1) is 0 Å². The molecule has 3 rings (SSSR count). The van der Waals surface area contributed by atoms with Gasteiger partial charge in [0.2, 0.25) is 5.95 Å². The molecule has 0 N–H and O–H groups in total. The highest BCUT2D eigenvalue weighted by Gasteiger charge is 2.26. The molecule has 1 fully saturated rings. The molecule has 6 heteroatoms. The number of anilines is 2. The monoisotopic (exact) mass is 328 g/mol. The van der Waals surface area contributed by atoms with Crippen LogP contribution in [0.3, 0.4) is 0 Å². The van der Waals surface area contributed by atoms with E-state index >= 15 is 0 Å². The number of rotatable bonds is 6. The quantitative estimate of drug-likeness (QED) is 0.816. The number of imidazole rings is 1. The van der Waals surface area contributed by atoms with Crippen LogP contribution >= 0.6 is 0 Å². The zero-order chi connectivity index (χ0) is 16.9. The van der Waals surface area contributed by atoms with Crippen molar-refractivity contribution in [3.63, 3.8) is 0 Å². The molecule has 3 heterocycles. The summed E-state index contributed by atoms with van der Waals surface area (Å²) in [5.74, 6) is 3.46. The fourth-order valence-electron chi connectivity index (χ4n) is 3.31. The summed E-state index contributed by atoms with van der Waals surface area (Å²) in [5.41, 5.74) is 0. The van der Waals surface area contributed by atoms with Crippen molar-refractivity contribution in [1.29, 1.82) is 0 Å². The third-order valence-corrected chi connectivity index (χ3v) is 4.66. The van der Waals surface area contributed by atoms with Crippen molar-refractivity contribution in [3.05, 3.63) is 30.5 Å². The molecule has 24 heavy (non-hydrogen) atoms. The van der Waals surface area contributed by atoms with Crippen LogP contribution in [0.25, 0.3) is 0 Å². The fraction of sp³-hybridized carbons (Fsp3) is 0.611. The van der Waals surface area contributed by atoms with Gasteiger partial charge in [0, 0.05) is 58.2 Å².